The average Bonchev–Trinajstić information content (AvgIpc) is 2.30. The minimum Gasteiger partial charge on any atom is -0.278 e. The molecule has 1 aromatic rings. The molecule has 2 heteroatoms. The van der Waals surface area contributed by atoms with Crippen LogP contribution in [0.15, 0.2) is 0 Å². The Bertz CT molecular complexity index is 320. The van der Waals surface area contributed by atoms with Gasteiger partial charge in [-0.1, -0.05) is 12.2 Å². The van der Waals surface area contributed by atoms with Gasteiger partial charge in [0, 0.05) is 5.22 Å². The normalized spacial score (nSPS) is 14.7. The molecule has 0 saturated heterocycles. The smallest absolute Gasteiger partial charge is 0.0666 e. The maximum atomic E-state index is 4.07. The Kier molecular flexibility index (Phi) is 1.90. The summed E-state index contributed by atoms with van der Waals surface area (Å²) in [4.78, 5) is 0. The number of H-pyrrole nitrogens is 1. The summed E-state index contributed by atoms with van der Waals surface area (Å²) < 4.78 is 0. The number of hydrogen-bond acceptors (Lipinski definition) is 1. The average molecular weight is 136 g/mol. The van der Waals surface area contributed by atoms with Crippen molar-refractivity contribution in [3.8, 4) is 0 Å². The van der Waals surface area contributed by atoms with Crippen LogP contribution >= 0.6 is 0 Å². The summed E-state index contributed by atoms with van der Waals surface area (Å²) in [7, 11) is 0. The molecule has 0 atom stereocenters. The van der Waals surface area contributed by atoms with Crippen LogP contribution in [-0.4, -0.2) is 10.2 Å². The maximum absolute atomic E-state index is 4.07. The molecule has 0 aliphatic heterocycles. The number of aromatic nitrogens is 2. The molecular formula is C8H12N2. The largest absolute Gasteiger partial charge is 0.278 e. The Hall–Kier alpha value is -1.05. The Morgan fingerprint density at radius 2 is 2.00 bits per heavy atom. The van der Waals surface area contributed by atoms with E-state index < -0.39 is 0 Å². The van der Waals surface area contributed by atoms with E-state index in [9.17, 15) is 0 Å². The van der Waals surface area contributed by atoms with E-state index in [1.165, 1.54) is 5.22 Å². The lowest BCUT2D eigenvalue weighted by atomic mass is 10.3. The van der Waals surface area contributed by atoms with Crippen molar-refractivity contribution in [3.05, 3.63) is 16.3 Å². The van der Waals surface area contributed by atoms with Gasteiger partial charge in [-0.25, -0.2) is 0 Å². The molecule has 0 bridgehead atoms. The van der Waals surface area contributed by atoms with Gasteiger partial charge in [-0.15, -0.1) is 0 Å². The van der Waals surface area contributed by atoms with Gasteiger partial charge in [0.25, 0.3) is 0 Å². The summed E-state index contributed by atoms with van der Waals surface area (Å²) in [6, 6.07) is 0. The number of aryl methyl sites for hydroxylation is 1. The van der Waals surface area contributed by atoms with Gasteiger partial charge in [0.1, 0.15) is 0 Å². The lowest BCUT2D eigenvalue weighted by molar-refractivity contribution is 1.03. The van der Waals surface area contributed by atoms with E-state index in [1.54, 1.807) is 0 Å². The minimum atomic E-state index is 1.07. The first-order valence-electron chi connectivity index (χ1n) is 3.43. The van der Waals surface area contributed by atoms with E-state index in [0.29, 0.717) is 0 Å². The Morgan fingerprint density at radius 3 is 2.40 bits per heavy atom. The molecule has 10 heavy (non-hydrogen) atoms. The summed E-state index contributed by atoms with van der Waals surface area (Å²) in [6.45, 7) is 6.02. The number of nitrogens with zero attached hydrogens (tertiary/aromatic N) is 1. The van der Waals surface area contributed by atoms with Crippen LogP contribution < -0.4 is 10.6 Å². The highest BCUT2D eigenvalue weighted by atomic mass is 15.1. The lowest BCUT2D eigenvalue weighted by Crippen LogP contribution is -2.22. The number of aromatic amines is 1. The van der Waals surface area contributed by atoms with Gasteiger partial charge in [-0.2, -0.15) is 5.10 Å². The predicted octanol–water partition coefficient (Wildman–Crippen LogP) is 0.319. The van der Waals surface area contributed by atoms with Crippen molar-refractivity contribution in [2.24, 2.45) is 0 Å². The van der Waals surface area contributed by atoms with Crippen LogP contribution in [0.2, 0.25) is 0 Å². The minimum absolute atomic E-state index is 1.07. The topological polar surface area (TPSA) is 28.7 Å². The van der Waals surface area contributed by atoms with Gasteiger partial charge in [-0.05, 0) is 20.8 Å². The van der Waals surface area contributed by atoms with Crippen LogP contribution in [0.5, 0.6) is 0 Å². The van der Waals surface area contributed by atoms with E-state index in [-0.39, 0.29) is 0 Å². The Morgan fingerprint density at radius 1 is 1.30 bits per heavy atom. The van der Waals surface area contributed by atoms with Crippen LogP contribution in [0.25, 0.3) is 12.2 Å². The molecular weight excluding hydrogens is 124 g/mol. The summed E-state index contributed by atoms with van der Waals surface area (Å²) in [6.07, 6.45) is 4.09. The van der Waals surface area contributed by atoms with Crippen LogP contribution in [0.4, 0.5) is 0 Å². The monoisotopic (exact) mass is 136 g/mol. The van der Waals surface area contributed by atoms with Gasteiger partial charge in [-0.3, -0.25) is 5.10 Å². The van der Waals surface area contributed by atoms with Crippen molar-refractivity contribution in [2.45, 2.75) is 20.8 Å². The molecule has 0 amide bonds. The van der Waals surface area contributed by atoms with Crippen molar-refractivity contribution in [1.29, 1.82) is 0 Å². The molecule has 1 rings (SSSR count). The van der Waals surface area contributed by atoms with Crippen molar-refractivity contribution in [3.63, 3.8) is 0 Å². The first kappa shape index (κ1) is 7.06. The third-order valence-corrected chi connectivity index (χ3v) is 1.60. The molecule has 1 heterocycles. The number of rotatable bonds is 0. The second-order valence-corrected chi connectivity index (χ2v) is 2.21. The van der Waals surface area contributed by atoms with Gasteiger partial charge < -0.3 is 0 Å². The zero-order valence-corrected chi connectivity index (χ0v) is 6.60. The third kappa shape index (κ3) is 0.967. The van der Waals surface area contributed by atoms with Gasteiger partial charge in [0.2, 0.25) is 0 Å². The standard InChI is InChI=1S/C8H12N2/c1-4-7-6(3)9-10-8(7)5-2/h4-5,10H,1-3H3/b7-4-,8-5+. The maximum Gasteiger partial charge on any atom is 0.0666 e. The Labute approximate surface area is 60.3 Å². The third-order valence-electron chi connectivity index (χ3n) is 1.60. The first-order chi connectivity index (χ1) is 4.79. The number of hydrogen-bond donors (Lipinski definition) is 1. The SMILES string of the molecule is C/C=c1/c(C)n[nH]/c1=C/C. The first-order valence-corrected chi connectivity index (χ1v) is 3.43. The molecule has 0 radical (unpaired) electrons. The fourth-order valence-electron chi connectivity index (χ4n) is 1.04. The van der Waals surface area contributed by atoms with Crippen molar-refractivity contribution in [1.82, 2.24) is 10.2 Å². The summed E-state index contributed by atoms with van der Waals surface area (Å²) in [5.41, 5.74) is 1.07. The van der Waals surface area contributed by atoms with E-state index in [0.717, 1.165) is 11.0 Å². The van der Waals surface area contributed by atoms with Crippen molar-refractivity contribution < 1.29 is 0 Å². The molecule has 54 valence electrons. The summed E-state index contributed by atoms with van der Waals surface area (Å²) >= 11 is 0. The second kappa shape index (κ2) is 2.69. The number of nitrogens with one attached hydrogen (secondary N) is 1. The molecule has 0 aliphatic carbocycles. The molecule has 1 aromatic heterocycles. The molecule has 1 N–H and O–H groups in total. The second-order valence-electron chi connectivity index (χ2n) is 2.21. The van der Waals surface area contributed by atoms with Crippen LogP contribution in [0, 0.1) is 6.92 Å². The lowest BCUT2D eigenvalue weighted by Gasteiger charge is -1.75. The van der Waals surface area contributed by atoms with Crippen LogP contribution in [-0.2, 0) is 0 Å². The van der Waals surface area contributed by atoms with E-state index >= 15 is 0 Å². The highest BCUT2D eigenvalue weighted by molar-refractivity contribution is 5.27. The van der Waals surface area contributed by atoms with Gasteiger partial charge in [0.05, 0.1) is 11.0 Å². The Balaban J connectivity index is 3.59. The summed E-state index contributed by atoms with van der Waals surface area (Å²) in [5.74, 6) is 0. The van der Waals surface area contributed by atoms with Gasteiger partial charge in [0.15, 0.2) is 0 Å². The van der Waals surface area contributed by atoms with Crippen LogP contribution in [0.1, 0.15) is 19.5 Å². The van der Waals surface area contributed by atoms with E-state index in [2.05, 4.69) is 16.3 Å². The van der Waals surface area contributed by atoms with Crippen molar-refractivity contribution in [2.75, 3.05) is 0 Å². The summed E-state index contributed by atoms with van der Waals surface area (Å²) in [5, 5.41) is 9.33. The van der Waals surface area contributed by atoms with E-state index in [1.807, 2.05) is 26.8 Å². The van der Waals surface area contributed by atoms with Crippen molar-refractivity contribution >= 4 is 12.2 Å². The van der Waals surface area contributed by atoms with Gasteiger partial charge >= 0.3 is 0 Å². The molecule has 0 aromatic carbocycles. The fraction of sp³-hybridized carbons (Fsp3) is 0.375. The molecule has 2 nitrogen and oxygen atoms in total. The molecule has 0 aliphatic rings. The zero-order valence-electron chi connectivity index (χ0n) is 6.60. The zero-order chi connectivity index (χ0) is 7.56. The molecule has 0 unspecified atom stereocenters. The van der Waals surface area contributed by atoms with Crippen LogP contribution in [0.3, 0.4) is 0 Å². The highest BCUT2D eigenvalue weighted by Crippen LogP contribution is 1.72. The fourth-order valence-corrected chi connectivity index (χ4v) is 1.04. The van der Waals surface area contributed by atoms with E-state index in [4.69, 9.17) is 0 Å². The predicted molar refractivity (Wildman–Crippen MR) is 42.9 cm³/mol. The molecule has 0 spiro atoms. The molecule has 0 saturated carbocycles. The quantitative estimate of drug-likeness (QED) is 0.546. The molecule has 0 fully saturated rings. The highest BCUT2D eigenvalue weighted by Gasteiger charge is 1.90.